The minimum Gasteiger partial charge on any atom is -0.493 e. The van der Waals surface area contributed by atoms with Crippen LogP contribution in [0.25, 0.3) is 0 Å². The van der Waals surface area contributed by atoms with E-state index in [1.54, 1.807) is 36.4 Å². The summed E-state index contributed by atoms with van der Waals surface area (Å²) in [6.45, 7) is 3.52. The number of methoxy groups -OCH3 is 2. The van der Waals surface area contributed by atoms with Crippen molar-refractivity contribution in [3.05, 3.63) is 72.3 Å². The van der Waals surface area contributed by atoms with Gasteiger partial charge < -0.3 is 18.9 Å². The maximum atomic E-state index is 12.2. The van der Waals surface area contributed by atoms with Crippen molar-refractivity contribution in [1.82, 2.24) is 0 Å². The largest absolute Gasteiger partial charge is 0.493 e. The monoisotopic (exact) mass is 342 g/mol. The lowest BCUT2D eigenvalue weighted by Gasteiger charge is -2.15. The van der Waals surface area contributed by atoms with Gasteiger partial charge in [-0.3, -0.25) is 0 Å². The molecule has 0 aliphatic heterocycles. The molecule has 6 nitrogen and oxygen atoms in total. The van der Waals surface area contributed by atoms with Crippen LogP contribution in [-0.2, 0) is 9.47 Å². The van der Waals surface area contributed by atoms with E-state index in [2.05, 4.69) is 6.58 Å². The molecule has 2 rings (SSSR count). The number of carbonyl (C=O) groups excluding carboxylic acids is 2. The molecular weight excluding hydrogens is 324 g/mol. The second kappa shape index (κ2) is 8.54. The highest BCUT2D eigenvalue weighted by Crippen LogP contribution is 2.28. The molecule has 1 atom stereocenters. The topological polar surface area (TPSA) is 71.1 Å². The summed E-state index contributed by atoms with van der Waals surface area (Å²) in [6.07, 6.45) is 0.00719. The van der Waals surface area contributed by atoms with Crippen molar-refractivity contribution in [3.63, 3.8) is 0 Å². The van der Waals surface area contributed by atoms with Gasteiger partial charge >= 0.3 is 11.9 Å². The molecule has 0 fully saturated rings. The Morgan fingerprint density at radius 2 is 1.48 bits per heavy atom. The summed E-state index contributed by atoms with van der Waals surface area (Å²) in [5.74, 6) is -0.444. The van der Waals surface area contributed by atoms with Crippen LogP contribution < -0.4 is 9.47 Å². The van der Waals surface area contributed by atoms with Crippen LogP contribution in [0.2, 0.25) is 0 Å². The van der Waals surface area contributed by atoms with Crippen molar-refractivity contribution in [1.29, 1.82) is 0 Å². The van der Waals surface area contributed by atoms with Crippen molar-refractivity contribution in [2.24, 2.45) is 0 Å². The lowest BCUT2D eigenvalue weighted by atomic mass is 10.2. The van der Waals surface area contributed by atoms with Crippen LogP contribution in [0.3, 0.4) is 0 Å². The standard InChI is InChI=1S/C19H18O6/c1-4-17(24-18(20)13-8-6-5-7-9-13)25-19(21)14-10-11-15(22-2)16(12-14)23-3/h4-12,17H,1H2,2-3H3/t17-/m0/s1. The third kappa shape index (κ3) is 4.60. The van der Waals surface area contributed by atoms with Gasteiger partial charge in [-0.2, -0.15) is 0 Å². The SMILES string of the molecule is C=C[C@@H](OC(=O)c1ccccc1)OC(=O)c1ccc(OC)c(OC)c1. The quantitative estimate of drug-likeness (QED) is 0.437. The van der Waals surface area contributed by atoms with E-state index in [0.29, 0.717) is 17.1 Å². The third-order valence-corrected chi connectivity index (χ3v) is 3.27. The van der Waals surface area contributed by atoms with E-state index in [9.17, 15) is 9.59 Å². The molecule has 0 unspecified atom stereocenters. The Morgan fingerprint density at radius 1 is 0.880 bits per heavy atom. The lowest BCUT2D eigenvalue weighted by molar-refractivity contribution is -0.0542. The van der Waals surface area contributed by atoms with Crippen molar-refractivity contribution >= 4 is 11.9 Å². The molecule has 130 valence electrons. The molecule has 0 saturated heterocycles. The average Bonchev–Trinajstić information content (AvgIpc) is 2.67. The Kier molecular flexibility index (Phi) is 6.17. The van der Waals surface area contributed by atoms with E-state index in [1.807, 2.05) is 0 Å². The highest BCUT2D eigenvalue weighted by molar-refractivity contribution is 5.91. The number of ether oxygens (including phenoxy) is 4. The van der Waals surface area contributed by atoms with Gasteiger partial charge in [0.25, 0.3) is 6.29 Å². The minimum absolute atomic E-state index is 0.222. The van der Waals surface area contributed by atoms with Crippen molar-refractivity contribution in [3.8, 4) is 11.5 Å². The molecule has 0 saturated carbocycles. The van der Waals surface area contributed by atoms with Crippen molar-refractivity contribution in [2.75, 3.05) is 14.2 Å². The van der Waals surface area contributed by atoms with Gasteiger partial charge in [-0.15, -0.1) is 0 Å². The van der Waals surface area contributed by atoms with Gasteiger partial charge in [0.2, 0.25) is 0 Å². The average molecular weight is 342 g/mol. The molecule has 0 N–H and O–H groups in total. The van der Waals surface area contributed by atoms with Crippen LogP contribution in [0.15, 0.2) is 61.2 Å². The van der Waals surface area contributed by atoms with Crippen LogP contribution >= 0.6 is 0 Å². The molecule has 0 aliphatic carbocycles. The maximum absolute atomic E-state index is 12.2. The number of hydrogen-bond donors (Lipinski definition) is 0. The normalized spacial score (nSPS) is 11.1. The summed E-state index contributed by atoms with van der Waals surface area (Å²) in [4.78, 5) is 24.3. The maximum Gasteiger partial charge on any atom is 0.341 e. The Labute approximate surface area is 145 Å². The molecule has 0 heterocycles. The van der Waals surface area contributed by atoms with Gasteiger partial charge in [0, 0.05) is 0 Å². The zero-order valence-electron chi connectivity index (χ0n) is 13.9. The van der Waals surface area contributed by atoms with Crippen LogP contribution in [-0.4, -0.2) is 32.4 Å². The molecule has 25 heavy (non-hydrogen) atoms. The Bertz CT molecular complexity index is 754. The van der Waals surface area contributed by atoms with Crippen LogP contribution in [0.4, 0.5) is 0 Å². The van der Waals surface area contributed by atoms with E-state index in [1.165, 1.54) is 32.4 Å². The number of esters is 2. The molecule has 2 aromatic rings. The molecule has 0 spiro atoms. The predicted octanol–water partition coefficient (Wildman–Crippen LogP) is 3.23. The first-order chi connectivity index (χ1) is 12.1. The first kappa shape index (κ1) is 18.1. The van der Waals surface area contributed by atoms with Gasteiger partial charge in [0.1, 0.15) is 0 Å². The highest BCUT2D eigenvalue weighted by Gasteiger charge is 2.19. The van der Waals surface area contributed by atoms with Crippen LogP contribution in [0.5, 0.6) is 11.5 Å². The van der Waals surface area contributed by atoms with E-state index in [4.69, 9.17) is 18.9 Å². The number of hydrogen-bond acceptors (Lipinski definition) is 6. The molecular formula is C19H18O6. The molecule has 2 aromatic carbocycles. The van der Waals surface area contributed by atoms with Gasteiger partial charge in [0.05, 0.1) is 25.3 Å². The van der Waals surface area contributed by atoms with E-state index in [-0.39, 0.29) is 5.56 Å². The Hall–Kier alpha value is -3.28. The third-order valence-electron chi connectivity index (χ3n) is 3.27. The molecule has 0 aliphatic rings. The Balaban J connectivity index is 2.07. The first-order valence-electron chi connectivity index (χ1n) is 7.40. The molecule has 0 aromatic heterocycles. The van der Waals surface area contributed by atoms with Crippen LogP contribution in [0.1, 0.15) is 20.7 Å². The Morgan fingerprint density at radius 3 is 2.04 bits per heavy atom. The molecule has 0 bridgehead atoms. The van der Waals surface area contributed by atoms with Gasteiger partial charge in [0.15, 0.2) is 11.5 Å². The summed E-state index contributed by atoms with van der Waals surface area (Å²) in [7, 11) is 2.95. The minimum atomic E-state index is -1.21. The summed E-state index contributed by atoms with van der Waals surface area (Å²) in [5, 5.41) is 0. The summed E-state index contributed by atoms with van der Waals surface area (Å²) >= 11 is 0. The van der Waals surface area contributed by atoms with Crippen molar-refractivity contribution in [2.45, 2.75) is 6.29 Å². The second-order valence-corrected chi connectivity index (χ2v) is 4.85. The lowest BCUT2D eigenvalue weighted by Crippen LogP contribution is -2.22. The number of rotatable bonds is 7. The summed E-state index contributed by atoms with van der Waals surface area (Å²) in [6, 6.07) is 12.9. The van der Waals surface area contributed by atoms with Gasteiger partial charge in [-0.1, -0.05) is 24.8 Å². The van der Waals surface area contributed by atoms with Gasteiger partial charge in [-0.05, 0) is 36.4 Å². The molecule has 0 amide bonds. The fraction of sp³-hybridized carbons (Fsp3) is 0.158. The number of carbonyl (C=O) groups is 2. The van der Waals surface area contributed by atoms with Gasteiger partial charge in [-0.25, -0.2) is 9.59 Å². The zero-order chi connectivity index (χ0) is 18.2. The van der Waals surface area contributed by atoms with E-state index >= 15 is 0 Å². The fourth-order valence-electron chi connectivity index (χ4n) is 2.00. The smallest absolute Gasteiger partial charge is 0.341 e. The second-order valence-electron chi connectivity index (χ2n) is 4.85. The molecule has 6 heteroatoms. The van der Waals surface area contributed by atoms with E-state index in [0.717, 1.165) is 0 Å². The fourth-order valence-corrected chi connectivity index (χ4v) is 2.00. The van der Waals surface area contributed by atoms with Crippen LogP contribution in [0, 0.1) is 0 Å². The predicted molar refractivity (Wildman–Crippen MR) is 90.8 cm³/mol. The van der Waals surface area contributed by atoms with Crippen molar-refractivity contribution < 1.29 is 28.5 Å². The first-order valence-corrected chi connectivity index (χ1v) is 7.40. The summed E-state index contributed by atoms with van der Waals surface area (Å²) < 4.78 is 20.5. The summed E-state index contributed by atoms with van der Waals surface area (Å²) in [5.41, 5.74) is 0.566. The number of benzene rings is 2. The molecule has 0 radical (unpaired) electrons. The highest BCUT2D eigenvalue weighted by atomic mass is 16.7. The van der Waals surface area contributed by atoms with E-state index < -0.39 is 18.2 Å². The zero-order valence-corrected chi connectivity index (χ0v) is 13.9.